The normalized spacial score (nSPS) is 28.4. The summed E-state index contributed by atoms with van der Waals surface area (Å²) in [4.78, 5) is 17.4. The van der Waals surface area contributed by atoms with Crippen LogP contribution >= 0.6 is 0 Å². The molecule has 3 fully saturated rings. The van der Waals surface area contributed by atoms with Gasteiger partial charge in [-0.3, -0.25) is 4.79 Å². The van der Waals surface area contributed by atoms with Crippen LogP contribution in [0.2, 0.25) is 5.82 Å². The fraction of sp³-hybridized carbons (Fsp3) is 0.682. The van der Waals surface area contributed by atoms with Crippen LogP contribution in [0.1, 0.15) is 53.4 Å². The molecule has 0 aliphatic carbocycles. The largest absolute Gasteiger partial charge is 0.461 e. The summed E-state index contributed by atoms with van der Waals surface area (Å²) >= 11 is 0. The lowest BCUT2D eigenvalue weighted by Crippen LogP contribution is -2.61. The molecule has 0 N–H and O–H groups in total. The van der Waals surface area contributed by atoms with E-state index in [9.17, 15) is 13.6 Å². The minimum Gasteiger partial charge on any atom is -0.403 e. The van der Waals surface area contributed by atoms with Gasteiger partial charge in [0.25, 0.3) is 0 Å². The van der Waals surface area contributed by atoms with Crippen LogP contribution in [0.5, 0.6) is 0 Å². The predicted molar refractivity (Wildman–Crippen MR) is 112 cm³/mol. The monoisotopic (exact) mass is 420 g/mol. The third-order valence-corrected chi connectivity index (χ3v) is 7.54. The van der Waals surface area contributed by atoms with Gasteiger partial charge in [0.1, 0.15) is 0 Å². The molecule has 164 valence electrons. The van der Waals surface area contributed by atoms with Gasteiger partial charge in [-0.05, 0) is 66.1 Å². The van der Waals surface area contributed by atoms with E-state index < -0.39 is 35.5 Å². The van der Waals surface area contributed by atoms with E-state index in [0.717, 1.165) is 38.1 Å². The number of hydrogen-bond acceptors (Lipinski definition) is 4. The van der Waals surface area contributed by atoms with Crippen LogP contribution in [0.25, 0.3) is 0 Å². The fourth-order valence-electron chi connectivity index (χ4n) is 5.01. The van der Waals surface area contributed by atoms with Crippen molar-refractivity contribution in [3.05, 3.63) is 29.8 Å². The molecule has 1 unspecified atom stereocenters. The lowest BCUT2D eigenvalue weighted by Gasteiger charge is -2.53. The average molecular weight is 420 g/mol. The smallest absolute Gasteiger partial charge is 0.403 e. The minimum absolute atomic E-state index is 0.0801. The molecule has 30 heavy (non-hydrogen) atoms. The van der Waals surface area contributed by atoms with E-state index in [1.54, 1.807) is 4.90 Å². The Bertz CT molecular complexity index is 824. The van der Waals surface area contributed by atoms with Crippen LogP contribution in [0.4, 0.5) is 14.5 Å². The Morgan fingerprint density at radius 1 is 1.03 bits per heavy atom. The number of hydrogen-bond donors (Lipinski definition) is 0. The lowest BCUT2D eigenvalue weighted by molar-refractivity contribution is -0.122. The van der Waals surface area contributed by atoms with Gasteiger partial charge in [0.15, 0.2) is 11.6 Å². The van der Waals surface area contributed by atoms with Gasteiger partial charge in [0.2, 0.25) is 5.91 Å². The molecule has 3 aliphatic rings. The summed E-state index contributed by atoms with van der Waals surface area (Å²) in [6, 6.07) is 3.74. The molecule has 3 heterocycles. The van der Waals surface area contributed by atoms with Gasteiger partial charge >= 0.3 is 7.12 Å². The van der Waals surface area contributed by atoms with E-state index in [4.69, 9.17) is 9.31 Å². The first-order chi connectivity index (χ1) is 13.9. The second kappa shape index (κ2) is 7.28. The zero-order valence-electron chi connectivity index (χ0n) is 18.5. The van der Waals surface area contributed by atoms with Crippen molar-refractivity contribution in [2.75, 3.05) is 25.0 Å². The highest BCUT2D eigenvalue weighted by Gasteiger charge is 2.58. The molecule has 3 saturated heterocycles. The number of carbonyl (C=O) groups is 1. The standard InChI is InChI=1S/C22H31BF2N2O3/c1-20(2)21(3,4)30-23(29-20)15-12-19(28)27(16-6-7-17(24)18(25)13-16)22(14-15)8-10-26(5)11-9-22/h6-7,13,15H,8-12,14H2,1-5H3. The van der Waals surface area contributed by atoms with Crippen LogP contribution in [-0.2, 0) is 14.1 Å². The quantitative estimate of drug-likeness (QED) is 0.678. The Hall–Kier alpha value is -1.51. The molecule has 1 spiro atoms. The molecule has 5 nitrogen and oxygen atoms in total. The molecule has 0 saturated carbocycles. The highest BCUT2D eigenvalue weighted by atomic mass is 19.2. The first kappa shape index (κ1) is 21.7. The van der Waals surface area contributed by atoms with Crippen LogP contribution in [0, 0.1) is 11.6 Å². The van der Waals surface area contributed by atoms with Gasteiger partial charge in [-0.2, -0.15) is 0 Å². The maximum absolute atomic E-state index is 14.0. The number of anilines is 1. The molecule has 3 aliphatic heterocycles. The zero-order valence-corrected chi connectivity index (χ0v) is 18.5. The Balaban J connectivity index is 1.67. The van der Waals surface area contributed by atoms with Gasteiger partial charge in [0, 0.05) is 37.1 Å². The highest BCUT2D eigenvalue weighted by molar-refractivity contribution is 6.48. The summed E-state index contributed by atoms with van der Waals surface area (Å²) in [6.07, 6.45) is 2.50. The molecule has 0 radical (unpaired) electrons. The van der Waals surface area contributed by atoms with E-state index in [-0.39, 0.29) is 18.1 Å². The van der Waals surface area contributed by atoms with Gasteiger partial charge < -0.3 is 19.1 Å². The van der Waals surface area contributed by atoms with E-state index in [0.29, 0.717) is 12.1 Å². The van der Waals surface area contributed by atoms with Gasteiger partial charge in [0.05, 0.1) is 16.7 Å². The van der Waals surface area contributed by atoms with E-state index in [1.807, 2.05) is 27.7 Å². The van der Waals surface area contributed by atoms with Crippen molar-refractivity contribution in [1.82, 2.24) is 4.90 Å². The van der Waals surface area contributed by atoms with Crippen LogP contribution in [-0.4, -0.2) is 54.8 Å². The number of benzene rings is 1. The third kappa shape index (κ3) is 3.57. The first-order valence-electron chi connectivity index (χ1n) is 10.8. The van der Waals surface area contributed by atoms with E-state index >= 15 is 0 Å². The predicted octanol–water partition coefficient (Wildman–Crippen LogP) is 4.02. The number of nitrogens with zero attached hydrogens (tertiary/aromatic N) is 2. The summed E-state index contributed by atoms with van der Waals surface area (Å²) < 4.78 is 40.1. The van der Waals surface area contributed by atoms with Gasteiger partial charge in [-0.1, -0.05) is 0 Å². The number of amides is 1. The molecular formula is C22H31BF2N2O3. The van der Waals surface area contributed by atoms with Crippen molar-refractivity contribution in [3.63, 3.8) is 0 Å². The number of halogens is 2. The van der Waals surface area contributed by atoms with Crippen molar-refractivity contribution in [2.45, 2.75) is 75.9 Å². The minimum atomic E-state index is -0.934. The maximum atomic E-state index is 14.0. The van der Waals surface area contributed by atoms with Crippen molar-refractivity contribution in [2.24, 2.45) is 0 Å². The van der Waals surface area contributed by atoms with Gasteiger partial charge in [-0.15, -0.1) is 0 Å². The Labute approximate surface area is 177 Å². The molecule has 4 rings (SSSR count). The Morgan fingerprint density at radius 3 is 2.20 bits per heavy atom. The number of carbonyl (C=O) groups excluding carboxylic acids is 1. The lowest BCUT2D eigenvalue weighted by atomic mass is 9.60. The summed E-state index contributed by atoms with van der Waals surface area (Å²) in [7, 11) is 1.60. The second-order valence-electron chi connectivity index (χ2n) is 10.1. The van der Waals surface area contributed by atoms with Crippen LogP contribution in [0.15, 0.2) is 18.2 Å². The summed E-state index contributed by atoms with van der Waals surface area (Å²) in [6.45, 7) is 9.72. The number of rotatable bonds is 2. The number of piperidine rings is 2. The molecule has 0 bridgehead atoms. The first-order valence-corrected chi connectivity index (χ1v) is 10.8. The molecule has 1 atom stereocenters. The second-order valence-corrected chi connectivity index (χ2v) is 10.1. The fourth-order valence-corrected chi connectivity index (χ4v) is 5.01. The molecule has 0 aromatic heterocycles. The van der Waals surface area contributed by atoms with E-state index in [1.165, 1.54) is 6.07 Å². The van der Waals surface area contributed by atoms with Crippen molar-refractivity contribution in [3.8, 4) is 0 Å². The van der Waals surface area contributed by atoms with Crippen molar-refractivity contribution < 1.29 is 22.9 Å². The zero-order chi connectivity index (χ0) is 21.9. The molecular weight excluding hydrogens is 389 g/mol. The summed E-state index contributed by atoms with van der Waals surface area (Å²) in [5.74, 6) is -2.01. The van der Waals surface area contributed by atoms with E-state index in [2.05, 4.69) is 11.9 Å². The molecule has 1 aromatic rings. The topological polar surface area (TPSA) is 42.0 Å². The highest BCUT2D eigenvalue weighted by Crippen LogP contribution is 2.49. The SMILES string of the molecule is CN1CCC2(CC1)CC(B1OC(C)(C)C(C)(C)O1)CC(=O)N2c1ccc(F)c(F)c1. The summed E-state index contributed by atoms with van der Waals surface area (Å²) in [5.41, 5.74) is -0.952. The third-order valence-electron chi connectivity index (χ3n) is 7.54. The van der Waals surface area contributed by atoms with Crippen molar-refractivity contribution >= 4 is 18.7 Å². The maximum Gasteiger partial charge on any atom is 0.461 e. The Kier molecular flexibility index (Phi) is 5.27. The Morgan fingerprint density at radius 2 is 1.63 bits per heavy atom. The molecule has 1 aromatic carbocycles. The van der Waals surface area contributed by atoms with Crippen LogP contribution < -0.4 is 4.90 Å². The van der Waals surface area contributed by atoms with Crippen molar-refractivity contribution in [1.29, 1.82) is 0 Å². The molecule has 8 heteroatoms. The van der Waals surface area contributed by atoms with Crippen LogP contribution in [0.3, 0.4) is 0 Å². The summed E-state index contributed by atoms with van der Waals surface area (Å²) in [5, 5.41) is 0. The number of likely N-dealkylation sites (tertiary alicyclic amines) is 1. The molecule has 1 amide bonds. The van der Waals surface area contributed by atoms with Gasteiger partial charge in [-0.25, -0.2) is 8.78 Å². The average Bonchev–Trinajstić information content (AvgIpc) is 2.88.